The van der Waals surface area contributed by atoms with Crippen LogP contribution in [0.2, 0.25) is 0 Å². The van der Waals surface area contributed by atoms with Crippen LogP contribution >= 0.6 is 0 Å². The molecule has 0 radical (unpaired) electrons. The molecule has 2 aromatic rings. The first-order chi connectivity index (χ1) is 24.6. The number of nitrogens with two attached hydrogens (primary N) is 1. The van der Waals surface area contributed by atoms with Gasteiger partial charge in [-0.3, -0.25) is 24.0 Å². The van der Waals surface area contributed by atoms with Crippen molar-refractivity contribution in [2.24, 2.45) is 21.9 Å². The highest BCUT2D eigenvalue weighted by Gasteiger charge is 2.65. The lowest BCUT2D eigenvalue weighted by atomic mass is 9.98. The van der Waals surface area contributed by atoms with Crippen LogP contribution in [0.15, 0.2) is 64.8 Å². The Morgan fingerprint density at radius 2 is 1.42 bits per heavy atom. The van der Waals surface area contributed by atoms with E-state index in [1.807, 2.05) is 5.32 Å². The molecule has 0 aromatic heterocycles. The van der Waals surface area contributed by atoms with Crippen LogP contribution in [0.1, 0.15) is 56.7 Å². The maximum atomic E-state index is 13.6. The number of amides is 5. The Morgan fingerprint density at radius 3 is 1.96 bits per heavy atom. The molecule has 1 aliphatic rings. The molecule has 0 aliphatic carbocycles. The van der Waals surface area contributed by atoms with Crippen LogP contribution in [0, 0.1) is 5.92 Å². The summed E-state index contributed by atoms with van der Waals surface area (Å²) in [5.41, 5.74) is 3.02. The molecule has 290 valence electrons. The van der Waals surface area contributed by atoms with Gasteiger partial charge in [-0.1, -0.05) is 68.4 Å². The van der Waals surface area contributed by atoms with E-state index in [0.717, 1.165) is 18.6 Å². The highest BCUT2D eigenvalue weighted by atomic mass is 19.4. The number of aryl methyl sites for hydroxylation is 1. The molecule has 19 heteroatoms. The molecule has 0 spiro atoms. The number of aliphatic hydroxyl groups is 1. The molecule has 2 unspecified atom stereocenters. The minimum Gasteiger partial charge on any atom is -0.382 e. The van der Waals surface area contributed by atoms with Crippen molar-refractivity contribution >= 4 is 29.5 Å². The Hall–Kier alpha value is -5.07. The molecule has 0 bridgehead atoms. The van der Waals surface area contributed by atoms with Crippen LogP contribution in [0.4, 0.5) is 26.3 Å². The third-order valence-electron chi connectivity index (χ3n) is 8.35. The van der Waals surface area contributed by atoms with E-state index in [-0.39, 0.29) is 24.0 Å². The number of halogens is 6. The predicted molar refractivity (Wildman–Crippen MR) is 176 cm³/mol. The number of alkyl halides is 6. The Morgan fingerprint density at radius 1 is 0.792 bits per heavy atom. The zero-order valence-electron chi connectivity index (χ0n) is 28.9. The standard InChI is InChI=1S/C34H41F6N7O6/c1-18(2)27(45-26(49)17-21-10-7-11-22(16-21)32(46-47-32)34(38,39)40)31(53)44-24(13-12-20-8-5-4-6-9-20)30(52)42-19(3)29(51)43-23(14-15-25(41)48)28(50)33(35,36)37/h4-11,16,18-19,23-24,27-28,50H,12-15,17H2,1-3H3,(H2,41,48)(H,42,52)(H,43,51)(H,44,53)(H,45,49)/t19-,23?,24-,27-,28?/m0/s1. The zero-order valence-corrected chi connectivity index (χ0v) is 28.9. The topological polar surface area (TPSA) is 204 Å². The third kappa shape index (κ3) is 12.0. The van der Waals surface area contributed by atoms with Gasteiger partial charge in [0.25, 0.3) is 0 Å². The summed E-state index contributed by atoms with van der Waals surface area (Å²) in [5.74, 6) is -5.08. The van der Waals surface area contributed by atoms with Crippen LogP contribution < -0.4 is 27.0 Å². The number of hydrogen-bond donors (Lipinski definition) is 6. The van der Waals surface area contributed by atoms with Gasteiger partial charge < -0.3 is 32.1 Å². The highest BCUT2D eigenvalue weighted by molar-refractivity contribution is 5.94. The lowest BCUT2D eigenvalue weighted by molar-refractivity contribution is -0.212. The van der Waals surface area contributed by atoms with Gasteiger partial charge in [0.15, 0.2) is 6.10 Å². The number of nitrogens with zero attached hydrogens (tertiary/aromatic N) is 2. The van der Waals surface area contributed by atoms with Crippen LogP contribution in [-0.2, 0) is 42.5 Å². The molecule has 2 aromatic carbocycles. The summed E-state index contributed by atoms with van der Waals surface area (Å²) < 4.78 is 80.2. The second-order valence-electron chi connectivity index (χ2n) is 13.0. The molecule has 13 nitrogen and oxygen atoms in total. The van der Waals surface area contributed by atoms with Gasteiger partial charge in [-0.25, -0.2) is 0 Å². The van der Waals surface area contributed by atoms with Gasteiger partial charge in [0.05, 0.1) is 12.5 Å². The zero-order chi connectivity index (χ0) is 39.7. The number of hydrogen-bond acceptors (Lipinski definition) is 8. The summed E-state index contributed by atoms with van der Waals surface area (Å²) in [6.07, 6.45) is -14.4. The van der Waals surface area contributed by atoms with E-state index >= 15 is 0 Å². The molecule has 3 rings (SSSR count). The number of rotatable bonds is 18. The minimum atomic E-state index is -5.15. The first-order valence-corrected chi connectivity index (χ1v) is 16.5. The van der Waals surface area contributed by atoms with Gasteiger partial charge in [0.2, 0.25) is 29.5 Å². The minimum absolute atomic E-state index is 0.0213. The number of carbonyl (C=O) groups is 5. The molecule has 0 fully saturated rings. The van der Waals surface area contributed by atoms with Gasteiger partial charge in [-0.15, -0.1) is 10.2 Å². The average Bonchev–Trinajstić information content (AvgIpc) is 3.90. The predicted octanol–water partition coefficient (Wildman–Crippen LogP) is 2.85. The maximum absolute atomic E-state index is 13.6. The van der Waals surface area contributed by atoms with Crippen molar-refractivity contribution in [2.75, 3.05) is 0 Å². The molecule has 1 aliphatic heterocycles. The Kier molecular flexibility index (Phi) is 14.1. The molecule has 5 atom stereocenters. The van der Waals surface area contributed by atoms with Gasteiger partial charge in [-0.05, 0) is 43.2 Å². The quantitative estimate of drug-likeness (QED) is 0.126. The van der Waals surface area contributed by atoms with Crippen molar-refractivity contribution in [1.82, 2.24) is 21.3 Å². The van der Waals surface area contributed by atoms with Gasteiger partial charge in [0, 0.05) is 12.0 Å². The van der Waals surface area contributed by atoms with E-state index in [0.29, 0.717) is 0 Å². The molecule has 0 saturated carbocycles. The number of aliphatic hydroxyl groups excluding tert-OH is 1. The Balaban J connectivity index is 1.73. The normalized spacial score (nSPS) is 16.4. The molecule has 5 amide bonds. The van der Waals surface area contributed by atoms with Crippen molar-refractivity contribution < 1.29 is 55.4 Å². The lowest BCUT2D eigenvalue weighted by Crippen LogP contribution is -2.58. The molecular weight excluding hydrogens is 716 g/mol. The monoisotopic (exact) mass is 757 g/mol. The SMILES string of the molecule is CC(C)[C@H](NC(=O)Cc1cccc(C2(C(F)(F)F)N=N2)c1)C(=O)N[C@@H](CCc1ccccc1)C(=O)N[C@@H](C)C(=O)NC(CCC(N)=O)C(O)C(F)(F)F. The van der Waals surface area contributed by atoms with E-state index in [2.05, 4.69) is 26.2 Å². The fourth-order valence-corrected chi connectivity index (χ4v) is 5.29. The van der Waals surface area contributed by atoms with Gasteiger partial charge >= 0.3 is 18.0 Å². The van der Waals surface area contributed by atoms with Crippen LogP contribution in [0.3, 0.4) is 0 Å². The largest absolute Gasteiger partial charge is 0.442 e. The van der Waals surface area contributed by atoms with Gasteiger partial charge in [0.1, 0.15) is 18.1 Å². The van der Waals surface area contributed by atoms with Crippen molar-refractivity contribution in [3.05, 3.63) is 71.3 Å². The summed E-state index contributed by atoms with van der Waals surface area (Å²) in [6.45, 7) is 4.36. The number of carbonyl (C=O) groups excluding carboxylic acids is 5. The molecule has 7 N–H and O–H groups in total. The first kappa shape index (κ1) is 42.3. The lowest BCUT2D eigenvalue weighted by Gasteiger charge is -2.28. The summed E-state index contributed by atoms with van der Waals surface area (Å²) in [7, 11) is 0. The summed E-state index contributed by atoms with van der Waals surface area (Å²) >= 11 is 0. The fraction of sp³-hybridized carbons (Fsp3) is 0.500. The van der Waals surface area contributed by atoms with E-state index in [1.165, 1.54) is 18.2 Å². The second kappa shape index (κ2) is 17.6. The van der Waals surface area contributed by atoms with E-state index in [4.69, 9.17) is 5.73 Å². The maximum Gasteiger partial charge on any atom is 0.442 e. The van der Waals surface area contributed by atoms with Crippen molar-refractivity contribution in [2.45, 2.75) is 101 Å². The fourth-order valence-electron chi connectivity index (χ4n) is 5.29. The molecular formula is C34H41F6N7O6. The second-order valence-corrected chi connectivity index (χ2v) is 13.0. The average molecular weight is 758 g/mol. The van der Waals surface area contributed by atoms with Crippen LogP contribution in [0.5, 0.6) is 0 Å². The summed E-state index contributed by atoms with van der Waals surface area (Å²) in [5, 5.41) is 25.5. The van der Waals surface area contributed by atoms with E-state index in [9.17, 15) is 55.4 Å². The first-order valence-electron chi connectivity index (χ1n) is 16.5. The van der Waals surface area contributed by atoms with E-state index in [1.54, 1.807) is 44.2 Å². The number of nitrogens with one attached hydrogen (secondary N) is 4. The van der Waals surface area contributed by atoms with Crippen molar-refractivity contribution in [3.8, 4) is 0 Å². The number of primary amides is 1. The molecule has 1 heterocycles. The highest BCUT2D eigenvalue weighted by Crippen LogP contribution is 2.52. The molecule has 0 saturated heterocycles. The van der Waals surface area contributed by atoms with Crippen LogP contribution in [0.25, 0.3) is 0 Å². The van der Waals surface area contributed by atoms with Gasteiger partial charge in [-0.2, -0.15) is 26.3 Å². The third-order valence-corrected chi connectivity index (χ3v) is 8.35. The molecule has 53 heavy (non-hydrogen) atoms. The number of benzene rings is 2. The Bertz CT molecular complexity index is 1650. The van der Waals surface area contributed by atoms with Crippen molar-refractivity contribution in [3.63, 3.8) is 0 Å². The van der Waals surface area contributed by atoms with E-state index < -0.39 is 103 Å². The summed E-state index contributed by atoms with van der Waals surface area (Å²) in [6, 6.07) is 7.83. The smallest absolute Gasteiger partial charge is 0.382 e. The Labute approximate surface area is 300 Å². The van der Waals surface area contributed by atoms with Crippen LogP contribution in [-0.4, -0.2) is 77.3 Å². The van der Waals surface area contributed by atoms with Crippen molar-refractivity contribution in [1.29, 1.82) is 0 Å². The summed E-state index contributed by atoms with van der Waals surface area (Å²) in [4.78, 5) is 64.1.